The number of amides is 1. The van der Waals surface area contributed by atoms with Crippen molar-refractivity contribution < 1.29 is 4.79 Å². The third-order valence-electron chi connectivity index (χ3n) is 5.12. The third-order valence-corrected chi connectivity index (χ3v) is 5.12. The van der Waals surface area contributed by atoms with E-state index in [0.29, 0.717) is 12.1 Å². The fourth-order valence-corrected chi connectivity index (χ4v) is 3.38. The molecule has 1 aliphatic heterocycles. The lowest BCUT2D eigenvalue weighted by Gasteiger charge is -2.37. The van der Waals surface area contributed by atoms with Crippen LogP contribution in [0.25, 0.3) is 0 Å². The topological polar surface area (TPSA) is 45.2 Å². The molecule has 0 saturated carbocycles. The van der Waals surface area contributed by atoms with Crippen molar-refractivity contribution in [2.75, 3.05) is 19.6 Å². The van der Waals surface area contributed by atoms with Crippen LogP contribution in [0.3, 0.4) is 0 Å². The van der Waals surface area contributed by atoms with Gasteiger partial charge in [-0.25, -0.2) is 0 Å². The predicted octanol–water partition coefficient (Wildman–Crippen LogP) is 3.59. The maximum Gasteiger partial charge on any atom is 0.251 e. The van der Waals surface area contributed by atoms with Gasteiger partial charge in [0, 0.05) is 24.5 Å². The highest BCUT2D eigenvalue weighted by Crippen LogP contribution is 2.26. The van der Waals surface area contributed by atoms with Crippen LogP contribution in [-0.4, -0.2) is 35.4 Å². The summed E-state index contributed by atoms with van der Waals surface area (Å²) >= 11 is 0. The number of aromatic nitrogens is 1. The number of likely N-dealkylation sites (tertiary alicyclic amines) is 1. The SMILES string of the molecule is Cc1ccc(C(CNC(=O)c2ccncc2)N2CCC(C)CC2)cc1. The van der Waals surface area contributed by atoms with E-state index in [2.05, 4.69) is 53.3 Å². The molecule has 3 rings (SSSR count). The minimum atomic E-state index is -0.0371. The first-order valence-electron chi connectivity index (χ1n) is 9.12. The molecule has 0 bridgehead atoms. The second kappa shape index (κ2) is 8.26. The molecule has 0 aliphatic carbocycles. The highest BCUT2D eigenvalue weighted by molar-refractivity contribution is 5.93. The Labute approximate surface area is 150 Å². The summed E-state index contributed by atoms with van der Waals surface area (Å²) in [5, 5.41) is 3.11. The van der Waals surface area contributed by atoms with Crippen molar-refractivity contribution >= 4 is 5.91 Å². The van der Waals surface area contributed by atoms with Gasteiger partial charge in [0.05, 0.1) is 6.04 Å². The molecule has 1 aromatic carbocycles. The zero-order valence-corrected chi connectivity index (χ0v) is 15.1. The molecule has 0 spiro atoms. The minimum Gasteiger partial charge on any atom is -0.350 e. The van der Waals surface area contributed by atoms with Gasteiger partial charge in [-0.05, 0) is 56.5 Å². The number of pyridine rings is 1. The lowest BCUT2D eigenvalue weighted by molar-refractivity contribution is 0.0913. The molecular formula is C21H27N3O. The molecule has 4 nitrogen and oxygen atoms in total. The van der Waals surface area contributed by atoms with E-state index in [4.69, 9.17) is 0 Å². The molecule has 132 valence electrons. The second-order valence-electron chi connectivity index (χ2n) is 7.09. The average molecular weight is 337 g/mol. The monoisotopic (exact) mass is 337 g/mol. The van der Waals surface area contributed by atoms with Crippen molar-refractivity contribution in [2.24, 2.45) is 5.92 Å². The molecule has 1 aliphatic rings. The van der Waals surface area contributed by atoms with Gasteiger partial charge in [-0.3, -0.25) is 14.7 Å². The Morgan fingerprint density at radius 1 is 1.16 bits per heavy atom. The Bertz CT molecular complexity index is 676. The maximum absolute atomic E-state index is 12.4. The molecule has 2 aromatic rings. The van der Waals surface area contributed by atoms with Gasteiger partial charge in [0.1, 0.15) is 0 Å². The molecule has 25 heavy (non-hydrogen) atoms. The first-order chi connectivity index (χ1) is 12.1. The number of rotatable bonds is 5. The van der Waals surface area contributed by atoms with E-state index >= 15 is 0 Å². The number of carbonyl (C=O) groups excluding carboxylic acids is 1. The summed E-state index contributed by atoms with van der Waals surface area (Å²) in [6.07, 6.45) is 5.75. The van der Waals surface area contributed by atoms with E-state index in [0.717, 1.165) is 19.0 Å². The molecular weight excluding hydrogens is 310 g/mol. The van der Waals surface area contributed by atoms with Crippen LogP contribution in [0.2, 0.25) is 0 Å². The third kappa shape index (κ3) is 4.67. The van der Waals surface area contributed by atoms with Crippen LogP contribution in [0.15, 0.2) is 48.8 Å². The van der Waals surface area contributed by atoms with Crippen LogP contribution in [0.4, 0.5) is 0 Å². The highest BCUT2D eigenvalue weighted by Gasteiger charge is 2.25. The van der Waals surface area contributed by atoms with Gasteiger partial charge in [-0.2, -0.15) is 0 Å². The molecule has 4 heteroatoms. The lowest BCUT2D eigenvalue weighted by atomic mass is 9.95. The van der Waals surface area contributed by atoms with E-state index in [9.17, 15) is 4.79 Å². The quantitative estimate of drug-likeness (QED) is 0.907. The zero-order valence-electron chi connectivity index (χ0n) is 15.1. The molecule has 1 unspecified atom stereocenters. The largest absolute Gasteiger partial charge is 0.350 e. The first-order valence-corrected chi connectivity index (χ1v) is 9.12. The summed E-state index contributed by atoms with van der Waals surface area (Å²) < 4.78 is 0. The summed E-state index contributed by atoms with van der Waals surface area (Å²) in [6.45, 7) is 7.23. The molecule has 1 aromatic heterocycles. The minimum absolute atomic E-state index is 0.0371. The molecule has 1 fully saturated rings. The van der Waals surface area contributed by atoms with Gasteiger partial charge >= 0.3 is 0 Å². The van der Waals surface area contributed by atoms with E-state index in [1.807, 2.05) is 0 Å². The van der Waals surface area contributed by atoms with Crippen LogP contribution in [0, 0.1) is 12.8 Å². The second-order valence-corrected chi connectivity index (χ2v) is 7.09. The Morgan fingerprint density at radius 2 is 1.80 bits per heavy atom. The summed E-state index contributed by atoms with van der Waals surface area (Å²) in [4.78, 5) is 18.9. The van der Waals surface area contributed by atoms with Gasteiger partial charge in [0.2, 0.25) is 0 Å². The summed E-state index contributed by atoms with van der Waals surface area (Å²) in [5.74, 6) is 0.756. The number of hydrogen-bond donors (Lipinski definition) is 1. The molecule has 1 atom stereocenters. The number of carbonyl (C=O) groups is 1. The van der Waals surface area contributed by atoms with E-state index in [1.54, 1.807) is 24.5 Å². The number of hydrogen-bond acceptors (Lipinski definition) is 3. The van der Waals surface area contributed by atoms with Crippen LogP contribution in [0.1, 0.15) is 47.3 Å². The Hall–Kier alpha value is -2.20. The van der Waals surface area contributed by atoms with E-state index in [-0.39, 0.29) is 11.9 Å². The van der Waals surface area contributed by atoms with E-state index in [1.165, 1.54) is 24.0 Å². The lowest BCUT2D eigenvalue weighted by Crippen LogP contribution is -2.42. The Balaban J connectivity index is 1.72. The Kier molecular flexibility index (Phi) is 5.82. The Morgan fingerprint density at radius 3 is 2.44 bits per heavy atom. The van der Waals surface area contributed by atoms with Crippen molar-refractivity contribution in [3.63, 3.8) is 0 Å². The van der Waals surface area contributed by atoms with Gasteiger partial charge in [0.25, 0.3) is 5.91 Å². The van der Waals surface area contributed by atoms with Crippen molar-refractivity contribution in [3.8, 4) is 0 Å². The summed E-state index contributed by atoms with van der Waals surface area (Å²) in [7, 11) is 0. The van der Waals surface area contributed by atoms with Crippen LogP contribution >= 0.6 is 0 Å². The van der Waals surface area contributed by atoms with Crippen LogP contribution < -0.4 is 5.32 Å². The number of benzene rings is 1. The van der Waals surface area contributed by atoms with E-state index < -0.39 is 0 Å². The van der Waals surface area contributed by atoms with Gasteiger partial charge < -0.3 is 5.32 Å². The normalized spacial score (nSPS) is 17.2. The van der Waals surface area contributed by atoms with Gasteiger partial charge in [-0.1, -0.05) is 36.8 Å². The maximum atomic E-state index is 12.4. The molecule has 1 amide bonds. The standard InChI is InChI=1S/C21H27N3O/c1-16-3-5-18(6-4-16)20(24-13-9-17(2)10-14-24)15-23-21(25)19-7-11-22-12-8-19/h3-8,11-12,17,20H,9-10,13-15H2,1-2H3,(H,23,25). The van der Waals surface area contributed by atoms with Crippen molar-refractivity contribution in [2.45, 2.75) is 32.7 Å². The highest BCUT2D eigenvalue weighted by atomic mass is 16.1. The summed E-state index contributed by atoms with van der Waals surface area (Å²) in [6, 6.07) is 12.4. The van der Waals surface area contributed by atoms with Crippen molar-refractivity contribution in [3.05, 3.63) is 65.5 Å². The first kappa shape index (κ1) is 17.6. The molecule has 0 radical (unpaired) electrons. The summed E-state index contributed by atoms with van der Waals surface area (Å²) in [5.41, 5.74) is 3.19. The van der Waals surface area contributed by atoms with Crippen molar-refractivity contribution in [1.82, 2.24) is 15.2 Å². The van der Waals surface area contributed by atoms with Crippen LogP contribution in [0.5, 0.6) is 0 Å². The number of piperidine rings is 1. The number of aryl methyl sites for hydroxylation is 1. The van der Waals surface area contributed by atoms with Crippen molar-refractivity contribution in [1.29, 1.82) is 0 Å². The van der Waals surface area contributed by atoms with Gasteiger partial charge in [0.15, 0.2) is 0 Å². The molecule has 2 heterocycles. The number of nitrogens with zero attached hydrogens (tertiary/aromatic N) is 2. The van der Waals surface area contributed by atoms with Crippen LogP contribution in [-0.2, 0) is 0 Å². The fourth-order valence-electron chi connectivity index (χ4n) is 3.38. The number of nitrogens with one attached hydrogen (secondary N) is 1. The predicted molar refractivity (Wildman–Crippen MR) is 100 cm³/mol. The molecule has 1 N–H and O–H groups in total. The average Bonchev–Trinajstić information content (AvgIpc) is 2.65. The molecule has 1 saturated heterocycles. The fraction of sp³-hybridized carbons (Fsp3) is 0.429. The smallest absolute Gasteiger partial charge is 0.251 e. The van der Waals surface area contributed by atoms with Gasteiger partial charge in [-0.15, -0.1) is 0 Å². The zero-order chi connectivity index (χ0) is 17.6.